The van der Waals surface area contributed by atoms with Crippen LogP contribution in [0.15, 0.2) is 18.6 Å². The van der Waals surface area contributed by atoms with Crippen LogP contribution in [0.3, 0.4) is 0 Å². The third-order valence-corrected chi connectivity index (χ3v) is 5.53. The summed E-state index contributed by atoms with van der Waals surface area (Å²) in [6, 6.07) is 0. The van der Waals surface area contributed by atoms with E-state index in [1.165, 1.54) is 0 Å². The number of rotatable bonds is 5. The topological polar surface area (TPSA) is 69.6 Å². The number of carbonyl (C=O) groups excluding carboxylic acids is 2. The second-order valence-corrected chi connectivity index (χ2v) is 7.91. The Balaban J connectivity index is 1.63. The summed E-state index contributed by atoms with van der Waals surface area (Å²) in [6.07, 6.45) is 8.77. The van der Waals surface area contributed by atoms with Crippen molar-refractivity contribution < 1.29 is 9.59 Å². The van der Waals surface area contributed by atoms with E-state index in [0.29, 0.717) is 18.5 Å². The Morgan fingerprint density at radius 1 is 1.27 bits per heavy atom. The molecular formula is C19H29N5O2. The zero-order chi connectivity index (χ0) is 18.6. The van der Waals surface area contributed by atoms with E-state index in [-0.39, 0.29) is 17.2 Å². The Hall–Kier alpha value is -2.02. The summed E-state index contributed by atoms with van der Waals surface area (Å²) in [4.78, 5) is 39.4. The number of aromatic nitrogens is 2. The molecule has 0 N–H and O–H groups in total. The van der Waals surface area contributed by atoms with Crippen molar-refractivity contribution in [3.8, 4) is 0 Å². The fourth-order valence-electron chi connectivity index (χ4n) is 4.07. The van der Waals surface area contributed by atoms with Gasteiger partial charge >= 0.3 is 0 Å². The van der Waals surface area contributed by atoms with Crippen LogP contribution in [-0.2, 0) is 16.0 Å². The lowest BCUT2D eigenvalue weighted by molar-refractivity contribution is -0.142. The average Bonchev–Trinajstić information content (AvgIpc) is 2.63. The van der Waals surface area contributed by atoms with Crippen molar-refractivity contribution in [1.29, 1.82) is 0 Å². The summed E-state index contributed by atoms with van der Waals surface area (Å²) in [6.45, 7) is 3.96. The smallest absolute Gasteiger partial charge is 0.228 e. The molecule has 2 aliphatic rings. The van der Waals surface area contributed by atoms with E-state index < -0.39 is 0 Å². The summed E-state index contributed by atoms with van der Waals surface area (Å²) in [7, 11) is 4.05. The highest BCUT2D eigenvalue weighted by atomic mass is 16.2. The Kier molecular flexibility index (Phi) is 5.86. The van der Waals surface area contributed by atoms with Crippen LogP contribution in [0.1, 0.15) is 31.4 Å². The van der Waals surface area contributed by atoms with E-state index in [9.17, 15) is 9.59 Å². The molecule has 1 unspecified atom stereocenters. The van der Waals surface area contributed by atoms with Crippen molar-refractivity contribution in [2.75, 3.05) is 46.8 Å². The van der Waals surface area contributed by atoms with Gasteiger partial charge in [-0.25, -0.2) is 0 Å². The predicted molar refractivity (Wildman–Crippen MR) is 98.4 cm³/mol. The van der Waals surface area contributed by atoms with Crippen LogP contribution < -0.4 is 0 Å². The molecule has 3 rings (SSSR count). The average molecular weight is 359 g/mol. The molecule has 7 heteroatoms. The lowest BCUT2D eigenvalue weighted by atomic mass is 9.73. The van der Waals surface area contributed by atoms with E-state index >= 15 is 0 Å². The van der Waals surface area contributed by atoms with Gasteiger partial charge in [0.15, 0.2) is 0 Å². The first kappa shape index (κ1) is 18.8. The van der Waals surface area contributed by atoms with E-state index in [4.69, 9.17) is 0 Å². The second kappa shape index (κ2) is 8.12. The quantitative estimate of drug-likeness (QED) is 0.778. The maximum Gasteiger partial charge on any atom is 0.228 e. The third kappa shape index (κ3) is 4.58. The molecule has 3 heterocycles. The van der Waals surface area contributed by atoms with Gasteiger partial charge in [0.1, 0.15) is 0 Å². The van der Waals surface area contributed by atoms with Gasteiger partial charge in [-0.3, -0.25) is 19.6 Å². The Labute approximate surface area is 155 Å². The molecule has 1 spiro atoms. The number of amides is 2. The number of hydrogen-bond donors (Lipinski definition) is 0. The normalized spacial score (nSPS) is 23.7. The number of hydrogen-bond acceptors (Lipinski definition) is 5. The fourth-order valence-corrected chi connectivity index (χ4v) is 4.07. The summed E-state index contributed by atoms with van der Waals surface area (Å²) in [5.41, 5.74) is 0.764. The van der Waals surface area contributed by atoms with Crippen LogP contribution in [0.4, 0.5) is 0 Å². The molecule has 0 bridgehead atoms. The SMILES string of the molecule is CN(C)CCN1CC2(CCCN(C(=O)Cc3cnccn3)C2)CCC1=O. The summed E-state index contributed by atoms with van der Waals surface area (Å²) in [5.74, 6) is 0.363. The first-order chi connectivity index (χ1) is 12.5. The van der Waals surface area contributed by atoms with E-state index in [1.807, 2.05) is 23.9 Å². The van der Waals surface area contributed by atoms with Gasteiger partial charge in [-0.1, -0.05) is 0 Å². The maximum absolute atomic E-state index is 12.7. The summed E-state index contributed by atoms with van der Waals surface area (Å²) >= 11 is 0. The third-order valence-electron chi connectivity index (χ3n) is 5.53. The van der Waals surface area contributed by atoms with Gasteiger partial charge in [-0.2, -0.15) is 0 Å². The van der Waals surface area contributed by atoms with Crippen molar-refractivity contribution in [2.45, 2.75) is 32.1 Å². The highest BCUT2D eigenvalue weighted by Crippen LogP contribution is 2.38. The number of piperidine rings is 2. The molecule has 1 aromatic rings. The van der Waals surface area contributed by atoms with Gasteiger partial charge in [0.05, 0.1) is 12.1 Å². The Morgan fingerprint density at radius 2 is 2.12 bits per heavy atom. The van der Waals surface area contributed by atoms with Gasteiger partial charge in [0.25, 0.3) is 0 Å². The van der Waals surface area contributed by atoms with Crippen LogP contribution in [-0.4, -0.2) is 83.3 Å². The lowest BCUT2D eigenvalue weighted by Crippen LogP contribution is -2.56. The zero-order valence-electron chi connectivity index (χ0n) is 15.9. The van der Waals surface area contributed by atoms with Crippen LogP contribution >= 0.6 is 0 Å². The summed E-state index contributed by atoms with van der Waals surface area (Å²) in [5, 5.41) is 0. The van der Waals surface area contributed by atoms with Crippen molar-refractivity contribution in [1.82, 2.24) is 24.7 Å². The molecule has 7 nitrogen and oxygen atoms in total. The zero-order valence-corrected chi connectivity index (χ0v) is 15.9. The highest BCUT2D eigenvalue weighted by Gasteiger charge is 2.42. The molecule has 0 radical (unpaired) electrons. The highest BCUT2D eigenvalue weighted by molar-refractivity contribution is 5.79. The van der Waals surface area contributed by atoms with Crippen LogP contribution in [0.2, 0.25) is 0 Å². The van der Waals surface area contributed by atoms with Crippen LogP contribution in [0, 0.1) is 5.41 Å². The number of carbonyl (C=O) groups is 2. The second-order valence-electron chi connectivity index (χ2n) is 7.91. The minimum Gasteiger partial charge on any atom is -0.342 e. The molecule has 2 aliphatic heterocycles. The molecule has 26 heavy (non-hydrogen) atoms. The Morgan fingerprint density at radius 3 is 2.85 bits per heavy atom. The van der Waals surface area contributed by atoms with Crippen LogP contribution in [0.25, 0.3) is 0 Å². The molecule has 0 aromatic carbocycles. The molecule has 1 aromatic heterocycles. The van der Waals surface area contributed by atoms with Crippen molar-refractivity contribution in [3.05, 3.63) is 24.3 Å². The number of likely N-dealkylation sites (tertiary alicyclic amines) is 2. The van der Waals surface area contributed by atoms with Gasteiger partial charge in [-0.05, 0) is 33.4 Å². The predicted octanol–water partition coefficient (Wildman–Crippen LogP) is 0.812. The number of likely N-dealkylation sites (N-methyl/N-ethyl adjacent to an activating group) is 1. The Bertz CT molecular complexity index is 636. The largest absolute Gasteiger partial charge is 0.342 e. The standard InChI is InChI=1S/C19H29N5O2/c1-22(2)10-11-24-15-19(6-4-17(24)25)5-3-9-23(14-19)18(26)12-16-13-20-7-8-21-16/h7-8,13H,3-6,9-12,14-15H2,1-2H3. The minimum atomic E-state index is 0.0521. The van der Waals surface area contributed by atoms with Gasteiger partial charge in [0.2, 0.25) is 11.8 Å². The molecule has 0 saturated carbocycles. The first-order valence-corrected chi connectivity index (χ1v) is 9.43. The van der Waals surface area contributed by atoms with E-state index in [1.54, 1.807) is 18.6 Å². The molecule has 2 amide bonds. The molecule has 0 aliphatic carbocycles. The van der Waals surface area contributed by atoms with E-state index in [2.05, 4.69) is 14.9 Å². The summed E-state index contributed by atoms with van der Waals surface area (Å²) < 4.78 is 0. The van der Waals surface area contributed by atoms with Crippen LogP contribution in [0.5, 0.6) is 0 Å². The minimum absolute atomic E-state index is 0.0521. The molecule has 2 fully saturated rings. The maximum atomic E-state index is 12.7. The van der Waals surface area contributed by atoms with Gasteiger partial charge < -0.3 is 14.7 Å². The van der Waals surface area contributed by atoms with Crippen molar-refractivity contribution in [2.24, 2.45) is 5.41 Å². The number of nitrogens with zero attached hydrogens (tertiary/aromatic N) is 5. The first-order valence-electron chi connectivity index (χ1n) is 9.43. The molecule has 1 atom stereocenters. The van der Waals surface area contributed by atoms with E-state index in [0.717, 1.165) is 52.0 Å². The fraction of sp³-hybridized carbons (Fsp3) is 0.684. The van der Waals surface area contributed by atoms with Gasteiger partial charge in [-0.15, -0.1) is 0 Å². The molecule has 2 saturated heterocycles. The molecule has 142 valence electrons. The van der Waals surface area contributed by atoms with Crippen molar-refractivity contribution >= 4 is 11.8 Å². The van der Waals surface area contributed by atoms with Gasteiger partial charge in [0, 0.05) is 63.2 Å². The lowest BCUT2D eigenvalue weighted by Gasteiger charge is -2.48. The van der Waals surface area contributed by atoms with Crippen molar-refractivity contribution in [3.63, 3.8) is 0 Å². The monoisotopic (exact) mass is 359 g/mol. The molecular weight excluding hydrogens is 330 g/mol.